The molecule has 0 aliphatic carbocycles. The molecule has 0 fully saturated rings. The highest BCUT2D eigenvalue weighted by Gasteiger charge is 2.16. The molecule has 1 aromatic heterocycles. The van der Waals surface area contributed by atoms with Gasteiger partial charge in [-0.15, -0.1) is 22.6 Å². The molecule has 0 spiro atoms. The van der Waals surface area contributed by atoms with Crippen molar-refractivity contribution in [3.63, 3.8) is 0 Å². The van der Waals surface area contributed by atoms with Crippen LogP contribution >= 0.6 is 24.0 Å². The first-order valence-corrected chi connectivity index (χ1v) is 9.74. The lowest BCUT2D eigenvalue weighted by Crippen LogP contribution is -2.28. The Morgan fingerprint density at radius 2 is 2.03 bits per heavy atom. The summed E-state index contributed by atoms with van der Waals surface area (Å²) >= 11 is 6.22. The summed E-state index contributed by atoms with van der Waals surface area (Å²) in [5, 5.41) is 24.0. The van der Waals surface area contributed by atoms with Gasteiger partial charge in [-0.3, -0.25) is 0 Å². The van der Waals surface area contributed by atoms with E-state index >= 15 is 0 Å². The minimum absolute atomic E-state index is 0. The fraction of sp³-hybridized carbons (Fsp3) is 0.227. The average molecular weight is 442 g/mol. The molecule has 1 aliphatic heterocycles. The first-order chi connectivity index (χ1) is 14.2. The van der Waals surface area contributed by atoms with Crippen LogP contribution in [0, 0.1) is 11.3 Å². The zero-order valence-corrected chi connectivity index (χ0v) is 18.0. The summed E-state index contributed by atoms with van der Waals surface area (Å²) < 4.78 is 5.20. The minimum Gasteiger partial charge on any atom is -0.495 e. The van der Waals surface area contributed by atoms with Gasteiger partial charge in [0.2, 0.25) is 0 Å². The number of anilines is 2. The summed E-state index contributed by atoms with van der Waals surface area (Å²) in [6.45, 7) is 2.23. The Labute approximate surface area is 186 Å². The molecule has 2 aromatic carbocycles. The van der Waals surface area contributed by atoms with Crippen LogP contribution in [0.3, 0.4) is 0 Å². The molecule has 154 valence electrons. The topological polar surface area (TPSA) is 74.1 Å². The quantitative estimate of drug-likeness (QED) is 0.563. The lowest BCUT2D eigenvalue weighted by molar-refractivity contribution is 0.415. The zero-order valence-electron chi connectivity index (χ0n) is 16.4. The van der Waals surface area contributed by atoms with Crippen LogP contribution in [0.4, 0.5) is 11.6 Å². The van der Waals surface area contributed by atoms with Gasteiger partial charge in [-0.05, 0) is 42.3 Å². The number of nitrogens with zero attached hydrogens (tertiary/aromatic N) is 4. The number of methoxy groups -OCH3 is 1. The van der Waals surface area contributed by atoms with Crippen LogP contribution in [-0.2, 0) is 6.54 Å². The molecule has 2 heterocycles. The van der Waals surface area contributed by atoms with E-state index < -0.39 is 0 Å². The molecule has 1 aliphatic rings. The maximum Gasteiger partial charge on any atom is 0.159 e. The fourth-order valence-electron chi connectivity index (χ4n) is 3.41. The standard InChI is InChI=1S/C22H20ClN5O.ClH/c1-29-20-8-6-16(12-19(20)23)14-25-21-18-11-15(13-24)5-7-17(18)22(27-26-21)28-9-3-2-4-10-28;/h2-3,5-8,11-12H,4,9-10,14H2,1H3,(H,25,26);1H. The van der Waals surface area contributed by atoms with Gasteiger partial charge in [-0.25, -0.2) is 0 Å². The average Bonchev–Trinajstić information content (AvgIpc) is 2.77. The number of halogens is 2. The number of aromatic nitrogens is 2. The van der Waals surface area contributed by atoms with Crippen molar-refractivity contribution in [3.8, 4) is 11.8 Å². The van der Waals surface area contributed by atoms with Gasteiger partial charge in [0.15, 0.2) is 11.6 Å². The predicted octanol–water partition coefficient (Wildman–Crippen LogP) is 4.96. The molecular formula is C22H21Cl2N5O. The van der Waals surface area contributed by atoms with E-state index in [0.717, 1.165) is 41.7 Å². The summed E-state index contributed by atoms with van der Waals surface area (Å²) in [6.07, 6.45) is 5.30. The highest BCUT2D eigenvalue weighted by Crippen LogP contribution is 2.31. The third-order valence-electron chi connectivity index (χ3n) is 4.92. The van der Waals surface area contributed by atoms with Crippen LogP contribution in [-0.4, -0.2) is 30.4 Å². The van der Waals surface area contributed by atoms with Crippen molar-refractivity contribution in [1.82, 2.24) is 10.2 Å². The SMILES string of the molecule is COc1ccc(CNc2nnc(N3CC=CCC3)c3ccc(C#N)cc23)cc1Cl.Cl. The van der Waals surface area contributed by atoms with Crippen molar-refractivity contribution in [2.75, 3.05) is 30.4 Å². The Morgan fingerprint density at radius 3 is 2.73 bits per heavy atom. The van der Waals surface area contributed by atoms with Crippen LogP contribution in [0.5, 0.6) is 5.75 Å². The number of ether oxygens (including phenoxy) is 1. The van der Waals surface area contributed by atoms with Crippen molar-refractivity contribution in [3.05, 3.63) is 64.7 Å². The van der Waals surface area contributed by atoms with Gasteiger partial charge in [0.05, 0.1) is 23.8 Å². The van der Waals surface area contributed by atoms with Gasteiger partial charge in [-0.1, -0.05) is 29.8 Å². The van der Waals surface area contributed by atoms with Crippen LogP contribution in [0.25, 0.3) is 10.8 Å². The minimum atomic E-state index is 0. The Balaban J connectivity index is 0.00000256. The van der Waals surface area contributed by atoms with E-state index in [0.29, 0.717) is 28.7 Å². The van der Waals surface area contributed by atoms with Crippen LogP contribution in [0.2, 0.25) is 5.02 Å². The van der Waals surface area contributed by atoms with Crippen molar-refractivity contribution >= 4 is 46.4 Å². The number of benzene rings is 2. The molecule has 4 rings (SSSR count). The summed E-state index contributed by atoms with van der Waals surface area (Å²) in [5.41, 5.74) is 1.58. The maximum atomic E-state index is 9.34. The van der Waals surface area contributed by atoms with Crippen LogP contribution in [0.1, 0.15) is 17.5 Å². The molecule has 1 N–H and O–H groups in total. The highest BCUT2D eigenvalue weighted by atomic mass is 35.5. The molecule has 0 saturated heterocycles. The summed E-state index contributed by atoms with van der Waals surface area (Å²) in [5.74, 6) is 2.12. The van der Waals surface area contributed by atoms with Gasteiger partial charge in [0, 0.05) is 30.4 Å². The maximum absolute atomic E-state index is 9.34. The molecular weight excluding hydrogens is 421 g/mol. The zero-order chi connectivity index (χ0) is 20.2. The Kier molecular flexibility index (Phi) is 6.99. The van der Waals surface area contributed by atoms with E-state index in [2.05, 4.69) is 38.6 Å². The number of hydrogen-bond acceptors (Lipinski definition) is 6. The number of nitrogens with one attached hydrogen (secondary N) is 1. The highest BCUT2D eigenvalue weighted by molar-refractivity contribution is 6.32. The number of fused-ring (bicyclic) bond motifs is 1. The normalized spacial score (nSPS) is 12.9. The van der Waals surface area contributed by atoms with E-state index in [1.165, 1.54) is 0 Å². The lowest BCUT2D eigenvalue weighted by Gasteiger charge is -2.25. The summed E-state index contributed by atoms with van der Waals surface area (Å²) in [7, 11) is 1.59. The Morgan fingerprint density at radius 1 is 1.17 bits per heavy atom. The monoisotopic (exact) mass is 441 g/mol. The molecule has 6 nitrogen and oxygen atoms in total. The van der Waals surface area contributed by atoms with Crippen molar-refractivity contribution in [2.45, 2.75) is 13.0 Å². The Bertz CT molecular complexity index is 1130. The third-order valence-corrected chi connectivity index (χ3v) is 5.22. The number of nitriles is 1. The van der Waals surface area contributed by atoms with Crippen molar-refractivity contribution < 1.29 is 4.74 Å². The summed E-state index contributed by atoms with van der Waals surface area (Å²) in [4.78, 5) is 2.20. The predicted molar refractivity (Wildman–Crippen MR) is 123 cm³/mol. The Hall–Kier alpha value is -3.01. The molecule has 3 aromatic rings. The van der Waals surface area contributed by atoms with E-state index in [-0.39, 0.29) is 12.4 Å². The third kappa shape index (κ3) is 4.43. The molecule has 0 unspecified atom stereocenters. The van der Waals surface area contributed by atoms with Gasteiger partial charge in [0.1, 0.15) is 5.75 Å². The molecule has 30 heavy (non-hydrogen) atoms. The first kappa shape index (κ1) is 21.7. The second-order valence-electron chi connectivity index (χ2n) is 6.77. The van der Waals surface area contributed by atoms with Crippen molar-refractivity contribution in [1.29, 1.82) is 5.26 Å². The second-order valence-corrected chi connectivity index (χ2v) is 7.18. The van der Waals surface area contributed by atoms with E-state index in [1.807, 2.05) is 36.4 Å². The van der Waals surface area contributed by atoms with Gasteiger partial charge in [-0.2, -0.15) is 5.26 Å². The second kappa shape index (κ2) is 9.66. The molecule has 0 bridgehead atoms. The van der Waals surface area contributed by atoms with Gasteiger partial charge >= 0.3 is 0 Å². The van der Waals surface area contributed by atoms with Crippen LogP contribution < -0.4 is 15.0 Å². The largest absolute Gasteiger partial charge is 0.495 e. The lowest BCUT2D eigenvalue weighted by atomic mass is 10.1. The van der Waals surface area contributed by atoms with E-state index in [1.54, 1.807) is 7.11 Å². The number of rotatable bonds is 5. The fourth-order valence-corrected chi connectivity index (χ4v) is 3.69. The van der Waals surface area contributed by atoms with Gasteiger partial charge < -0.3 is 15.0 Å². The molecule has 0 radical (unpaired) electrons. The summed E-state index contributed by atoms with van der Waals surface area (Å²) in [6, 6.07) is 13.5. The molecule has 8 heteroatoms. The molecule has 0 atom stereocenters. The van der Waals surface area contributed by atoms with Crippen LogP contribution in [0.15, 0.2) is 48.6 Å². The smallest absolute Gasteiger partial charge is 0.159 e. The van der Waals surface area contributed by atoms with Gasteiger partial charge in [0.25, 0.3) is 0 Å². The van der Waals surface area contributed by atoms with E-state index in [9.17, 15) is 5.26 Å². The van der Waals surface area contributed by atoms with Crippen molar-refractivity contribution in [2.24, 2.45) is 0 Å². The number of hydrogen-bond donors (Lipinski definition) is 1. The molecule has 0 saturated carbocycles. The van der Waals surface area contributed by atoms with E-state index in [4.69, 9.17) is 16.3 Å². The molecule has 0 amide bonds. The first-order valence-electron chi connectivity index (χ1n) is 9.36.